The third-order valence-electron chi connectivity index (χ3n) is 3.04. The summed E-state index contributed by atoms with van der Waals surface area (Å²) in [5.74, 6) is -1.20. The monoisotopic (exact) mass is 206 g/mol. The van der Waals surface area contributed by atoms with Gasteiger partial charge < -0.3 is 0 Å². The van der Waals surface area contributed by atoms with Crippen LogP contribution in [0.1, 0.15) is 62.3 Å². The van der Waals surface area contributed by atoms with E-state index >= 15 is 0 Å². The lowest BCUT2D eigenvalue weighted by molar-refractivity contribution is 0.308. The first-order chi connectivity index (χ1) is 8.93. The molecule has 1 aliphatic carbocycles. The summed E-state index contributed by atoms with van der Waals surface area (Å²) in [7, 11) is 0. The molecule has 0 saturated heterocycles. The summed E-state index contributed by atoms with van der Waals surface area (Å²) >= 11 is 0. The van der Waals surface area contributed by atoms with Gasteiger partial charge in [-0.1, -0.05) is 50.1 Å². The number of benzene rings is 1. The van der Waals surface area contributed by atoms with Crippen LogP contribution in [0.4, 0.5) is 0 Å². The summed E-state index contributed by atoms with van der Waals surface area (Å²) in [4.78, 5) is 0. The Morgan fingerprint density at radius 3 is 2.87 bits per heavy atom. The van der Waals surface area contributed by atoms with E-state index in [1.807, 2.05) is 30.3 Å². The van der Waals surface area contributed by atoms with E-state index in [9.17, 15) is 0 Å². The van der Waals surface area contributed by atoms with E-state index in [2.05, 4.69) is 6.92 Å². The average Bonchev–Trinajstić information content (AvgIpc) is 2.41. The first-order valence-electron chi connectivity index (χ1n) is 7.99. The highest BCUT2D eigenvalue weighted by Crippen LogP contribution is 2.37. The SMILES string of the molecule is [2H]C1C(CCC)CCC([2H])(c2ccccc2)C1([2H])[2H]. The van der Waals surface area contributed by atoms with Gasteiger partial charge in [-0.05, 0) is 43.0 Å². The van der Waals surface area contributed by atoms with E-state index in [1.54, 1.807) is 0 Å². The molecule has 0 amide bonds. The molecule has 15 heavy (non-hydrogen) atoms. The molecule has 0 spiro atoms. The van der Waals surface area contributed by atoms with E-state index in [0.29, 0.717) is 12.0 Å². The van der Waals surface area contributed by atoms with Gasteiger partial charge in [0.05, 0.1) is 0 Å². The third-order valence-corrected chi connectivity index (χ3v) is 3.04. The fraction of sp³-hybridized carbons (Fsp3) is 0.600. The Morgan fingerprint density at radius 1 is 1.33 bits per heavy atom. The van der Waals surface area contributed by atoms with Gasteiger partial charge >= 0.3 is 0 Å². The van der Waals surface area contributed by atoms with Gasteiger partial charge in [-0.25, -0.2) is 0 Å². The number of hydrogen-bond acceptors (Lipinski definition) is 0. The quantitative estimate of drug-likeness (QED) is 0.669. The molecule has 1 fully saturated rings. The Balaban J connectivity index is 2.33. The largest absolute Gasteiger partial charge is 0.0654 e. The minimum absolute atomic E-state index is 0.0854. The van der Waals surface area contributed by atoms with Crippen LogP contribution in [0.2, 0.25) is 0 Å². The van der Waals surface area contributed by atoms with E-state index in [-0.39, 0.29) is 5.92 Å². The molecule has 0 bridgehead atoms. The zero-order valence-corrected chi connectivity index (χ0v) is 9.37. The summed E-state index contributed by atoms with van der Waals surface area (Å²) in [6, 6.07) is 9.20. The fourth-order valence-electron chi connectivity index (χ4n) is 2.17. The van der Waals surface area contributed by atoms with Crippen LogP contribution in [0.3, 0.4) is 0 Å². The molecule has 1 saturated carbocycles. The summed E-state index contributed by atoms with van der Waals surface area (Å²) < 4.78 is 33.5. The molecule has 1 aromatic carbocycles. The molecule has 1 aromatic rings. The Hall–Kier alpha value is -0.780. The Bertz CT molecular complexity index is 417. The lowest BCUT2D eigenvalue weighted by Gasteiger charge is -2.28. The van der Waals surface area contributed by atoms with Gasteiger partial charge in [-0.15, -0.1) is 0 Å². The minimum atomic E-state index is -1.80. The molecule has 0 nitrogen and oxygen atoms in total. The molecule has 1 aliphatic rings. The summed E-state index contributed by atoms with van der Waals surface area (Å²) in [6.45, 7) is 2.07. The number of rotatable bonds is 3. The van der Waals surface area contributed by atoms with E-state index in [1.165, 1.54) is 0 Å². The molecule has 0 heterocycles. The lowest BCUT2D eigenvalue weighted by Crippen LogP contribution is -2.13. The second-order valence-corrected chi connectivity index (χ2v) is 4.24. The van der Waals surface area contributed by atoms with Crippen molar-refractivity contribution in [3.05, 3.63) is 35.9 Å². The summed E-state index contributed by atoms with van der Waals surface area (Å²) in [5, 5.41) is 0. The maximum absolute atomic E-state index is 8.62. The van der Waals surface area contributed by atoms with Crippen LogP contribution in [0.5, 0.6) is 0 Å². The van der Waals surface area contributed by atoms with Crippen LogP contribution in [-0.2, 0) is 0 Å². The maximum Gasteiger partial charge on any atom is 0.0352 e. The van der Waals surface area contributed by atoms with E-state index in [0.717, 1.165) is 19.3 Å². The molecule has 0 radical (unpaired) electrons. The topological polar surface area (TPSA) is 0 Å². The van der Waals surface area contributed by atoms with Gasteiger partial charge in [0.15, 0.2) is 0 Å². The molecule has 2 rings (SSSR count). The van der Waals surface area contributed by atoms with Gasteiger partial charge in [0.1, 0.15) is 0 Å². The maximum atomic E-state index is 8.62. The normalized spacial score (nSPS) is 43.5. The van der Waals surface area contributed by atoms with Crippen molar-refractivity contribution in [1.29, 1.82) is 0 Å². The highest BCUT2D eigenvalue weighted by molar-refractivity contribution is 5.19. The second-order valence-electron chi connectivity index (χ2n) is 4.24. The predicted octanol–water partition coefficient (Wildman–Crippen LogP) is 4.76. The van der Waals surface area contributed by atoms with Crippen LogP contribution >= 0.6 is 0 Å². The highest BCUT2D eigenvalue weighted by Gasteiger charge is 2.21. The predicted molar refractivity (Wildman–Crippen MR) is 66.0 cm³/mol. The molecular formula is C15H22. The zero-order valence-electron chi connectivity index (χ0n) is 13.4. The van der Waals surface area contributed by atoms with Crippen molar-refractivity contribution in [3.8, 4) is 0 Å². The van der Waals surface area contributed by atoms with Crippen LogP contribution in [0, 0.1) is 5.92 Å². The highest BCUT2D eigenvalue weighted by atomic mass is 14.3. The fourth-order valence-corrected chi connectivity index (χ4v) is 2.17. The Kier molecular flexibility index (Phi) is 2.40. The smallest absolute Gasteiger partial charge is 0.0352 e. The van der Waals surface area contributed by atoms with Crippen molar-refractivity contribution in [3.63, 3.8) is 0 Å². The van der Waals surface area contributed by atoms with Gasteiger partial charge in [-0.3, -0.25) is 0 Å². The van der Waals surface area contributed by atoms with Crippen LogP contribution in [-0.4, -0.2) is 0 Å². The van der Waals surface area contributed by atoms with E-state index < -0.39 is 18.7 Å². The van der Waals surface area contributed by atoms with Crippen molar-refractivity contribution in [2.75, 3.05) is 0 Å². The van der Waals surface area contributed by atoms with Gasteiger partial charge in [0, 0.05) is 5.48 Å². The molecule has 82 valence electrons. The van der Waals surface area contributed by atoms with Crippen molar-refractivity contribution >= 4 is 0 Å². The lowest BCUT2D eigenvalue weighted by atomic mass is 9.77. The summed E-state index contributed by atoms with van der Waals surface area (Å²) in [6.07, 6.45) is 0.542. The van der Waals surface area contributed by atoms with Gasteiger partial charge in [0.25, 0.3) is 0 Å². The first-order valence-corrected chi connectivity index (χ1v) is 5.91. The zero-order chi connectivity index (χ0) is 14.1. The van der Waals surface area contributed by atoms with Crippen LogP contribution in [0.15, 0.2) is 30.3 Å². The molecule has 0 heteroatoms. The summed E-state index contributed by atoms with van der Waals surface area (Å²) in [5.41, 5.74) is 0.701. The molecule has 0 aliphatic heterocycles. The Labute approximate surface area is 99.3 Å². The molecule has 3 atom stereocenters. The van der Waals surface area contributed by atoms with Crippen molar-refractivity contribution in [1.82, 2.24) is 0 Å². The van der Waals surface area contributed by atoms with Crippen molar-refractivity contribution < 1.29 is 5.48 Å². The molecule has 0 N–H and O–H groups in total. The van der Waals surface area contributed by atoms with Crippen molar-refractivity contribution in [2.45, 2.75) is 51.3 Å². The molecular weight excluding hydrogens is 180 g/mol. The van der Waals surface area contributed by atoms with Gasteiger partial charge in [-0.2, -0.15) is 0 Å². The third kappa shape index (κ3) is 2.84. The first kappa shape index (κ1) is 6.73. The standard InChI is InChI=1S/C15H22/c1-2-6-13-9-11-15(12-10-13)14-7-4-3-5-8-14/h3-5,7-8,13,15H,2,6,9-12H2,1H3/i9D,11D2,15D. The number of hydrogen-bond donors (Lipinski definition) is 0. The minimum Gasteiger partial charge on any atom is -0.0654 e. The van der Waals surface area contributed by atoms with Crippen LogP contribution in [0.25, 0.3) is 0 Å². The molecule has 0 aromatic heterocycles. The van der Waals surface area contributed by atoms with Gasteiger partial charge in [0.2, 0.25) is 0 Å². The Morgan fingerprint density at radius 2 is 2.13 bits per heavy atom. The van der Waals surface area contributed by atoms with Crippen molar-refractivity contribution in [2.24, 2.45) is 5.92 Å². The molecule has 3 unspecified atom stereocenters. The second kappa shape index (κ2) is 5.34. The average molecular weight is 206 g/mol. The van der Waals surface area contributed by atoms with E-state index in [4.69, 9.17) is 5.48 Å². The van der Waals surface area contributed by atoms with Crippen LogP contribution < -0.4 is 0 Å².